The molecule has 0 aliphatic rings. The molecule has 0 bridgehead atoms. The van der Waals surface area contributed by atoms with Crippen LogP contribution >= 0.6 is 0 Å². The first-order valence-electron chi connectivity index (χ1n) is 11.3. The van der Waals surface area contributed by atoms with E-state index in [1.165, 1.54) is 0 Å². The molecule has 0 spiro atoms. The number of carbonyl (C=O) groups excluding carboxylic acids is 2. The molecule has 1 unspecified atom stereocenters. The fraction of sp³-hybridized carbons (Fsp3) is 0.909. The monoisotopic (exact) mass is 490 g/mol. The van der Waals surface area contributed by atoms with Crippen LogP contribution in [0.3, 0.4) is 0 Å². The van der Waals surface area contributed by atoms with Gasteiger partial charge in [-0.15, -0.1) is 0 Å². The number of hydrogen-bond donors (Lipinski definition) is 1. The van der Waals surface area contributed by atoms with Gasteiger partial charge in [-0.2, -0.15) is 8.42 Å². The van der Waals surface area contributed by atoms with Gasteiger partial charge in [-0.05, 0) is 24.7 Å². The number of esters is 2. The Balaban J connectivity index is -0.00000420. The van der Waals surface area contributed by atoms with Gasteiger partial charge in [0.1, 0.15) is 0 Å². The minimum absolute atomic E-state index is 0. The Hall–Kier alpha value is 0.486. The summed E-state index contributed by atoms with van der Waals surface area (Å²) in [7, 11) is -4.75. The van der Waals surface area contributed by atoms with Gasteiger partial charge in [0.05, 0.1) is 19.6 Å². The van der Waals surface area contributed by atoms with E-state index in [2.05, 4.69) is 27.7 Å². The van der Waals surface area contributed by atoms with E-state index >= 15 is 0 Å². The van der Waals surface area contributed by atoms with Gasteiger partial charge in [0.15, 0.2) is 5.25 Å². The molecule has 9 heteroatoms. The summed E-state index contributed by atoms with van der Waals surface area (Å²) in [5, 5.41) is -1.93. The third-order valence-corrected chi connectivity index (χ3v) is 5.91. The zero-order chi connectivity index (χ0) is 23.0. The van der Waals surface area contributed by atoms with Gasteiger partial charge in [0.25, 0.3) is 10.1 Å². The van der Waals surface area contributed by atoms with Crippen LogP contribution in [-0.4, -0.2) is 43.4 Å². The summed E-state index contributed by atoms with van der Waals surface area (Å²) in [5.74, 6) is -0.608. The third-order valence-electron chi connectivity index (χ3n) is 4.83. The summed E-state index contributed by atoms with van der Waals surface area (Å²) >= 11 is 0. The Kier molecular flexibility index (Phi) is 21.6. The van der Waals surface area contributed by atoms with Gasteiger partial charge in [0.2, 0.25) is 0 Å². The van der Waals surface area contributed by atoms with Crippen LogP contribution in [0.25, 0.3) is 0 Å². The molecular weight excluding hydrogens is 447 g/mol. The molecule has 0 rings (SSSR count). The Bertz CT molecular complexity index is 583. The molecule has 1 atom stereocenters. The first kappa shape index (κ1) is 33.7. The molecule has 0 heterocycles. The van der Waals surface area contributed by atoms with Crippen LogP contribution in [0.4, 0.5) is 0 Å². The van der Waals surface area contributed by atoms with Gasteiger partial charge in [0, 0.05) is 0 Å². The number of ether oxygens (including phenoxy) is 2. The number of hydrogen-bond acceptors (Lipinski definition) is 6. The van der Waals surface area contributed by atoms with Crippen molar-refractivity contribution >= 4 is 22.1 Å². The second-order valence-electron chi connectivity index (χ2n) is 8.79. The van der Waals surface area contributed by atoms with Gasteiger partial charge in [-0.25, -0.2) is 0 Å². The van der Waals surface area contributed by atoms with Crippen molar-refractivity contribution in [2.75, 3.05) is 13.2 Å². The van der Waals surface area contributed by atoms with Crippen LogP contribution in [0.2, 0.25) is 0 Å². The normalized spacial score (nSPS) is 12.5. The molecule has 0 aromatic carbocycles. The van der Waals surface area contributed by atoms with Crippen LogP contribution in [0.1, 0.15) is 99.8 Å². The summed E-state index contributed by atoms with van der Waals surface area (Å²) in [4.78, 5) is 23.9. The Morgan fingerprint density at radius 3 is 1.61 bits per heavy atom. The third kappa shape index (κ3) is 20.8. The van der Waals surface area contributed by atoms with Crippen molar-refractivity contribution in [1.82, 2.24) is 0 Å². The van der Waals surface area contributed by atoms with E-state index in [1.807, 2.05) is 0 Å². The van der Waals surface area contributed by atoms with E-state index in [-0.39, 0.29) is 66.0 Å². The zero-order valence-electron chi connectivity index (χ0n) is 21.2. The molecule has 7 nitrogen and oxygen atoms in total. The number of rotatable bonds is 18. The minimum Gasteiger partial charge on any atom is -1.00 e. The maximum absolute atomic E-state index is 12.0. The molecule has 0 aliphatic carbocycles. The topological polar surface area (TPSA) is 107 Å². The number of unbranched alkanes of at least 4 members (excludes halogenated alkanes) is 6. The Morgan fingerprint density at radius 2 is 1.19 bits per heavy atom. The molecule has 0 saturated carbocycles. The standard InChI is InChI=1S/C22H42O7S.K.H/c1-18(2)13-9-5-7-11-15-28-21(23)17-20(30(25,26)27)22(24)29-16-12-8-6-10-14-19(3)4;;/h18-20H,5-17H2,1-4H3,(H,25,26,27);;/q;+1;-1. The summed E-state index contributed by atoms with van der Waals surface area (Å²) in [6.07, 6.45) is 8.94. The molecule has 0 fully saturated rings. The zero-order valence-corrected chi connectivity index (χ0v) is 24.2. The van der Waals surface area contributed by atoms with Crippen molar-refractivity contribution in [1.29, 1.82) is 0 Å². The smallest absolute Gasteiger partial charge is 1.00 e. The van der Waals surface area contributed by atoms with Crippen molar-refractivity contribution in [3.05, 3.63) is 0 Å². The molecule has 0 aromatic rings. The first-order valence-corrected chi connectivity index (χ1v) is 12.8. The summed E-state index contributed by atoms with van der Waals surface area (Å²) in [5.41, 5.74) is 0. The van der Waals surface area contributed by atoms with Gasteiger partial charge in [-0.3, -0.25) is 14.1 Å². The molecule has 0 aliphatic heterocycles. The SMILES string of the molecule is CC(C)CCCCCCOC(=O)CC(C(=O)OCCCCCCC(C)C)S(=O)(=O)O.[H-].[K+]. The van der Waals surface area contributed by atoms with E-state index in [0.717, 1.165) is 51.4 Å². The molecule has 0 amide bonds. The predicted molar refractivity (Wildman–Crippen MR) is 119 cm³/mol. The van der Waals surface area contributed by atoms with Crippen LogP contribution in [0.5, 0.6) is 0 Å². The molecule has 31 heavy (non-hydrogen) atoms. The molecule has 0 radical (unpaired) electrons. The fourth-order valence-electron chi connectivity index (χ4n) is 2.99. The first-order chi connectivity index (χ1) is 14.0. The van der Waals surface area contributed by atoms with E-state index in [1.54, 1.807) is 0 Å². The Morgan fingerprint density at radius 1 is 0.774 bits per heavy atom. The van der Waals surface area contributed by atoms with Crippen molar-refractivity contribution in [3.63, 3.8) is 0 Å². The molecule has 0 saturated heterocycles. The summed E-state index contributed by atoms with van der Waals surface area (Å²) < 4.78 is 42.3. The molecule has 0 aromatic heterocycles. The average molecular weight is 491 g/mol. The summed E-state index contributed by atoms with van der Waals surface area (Å²) in [6.45, 7) is 8.91. The predicted octanol–water partition coefficient (Wildman–Crippen LogP) is 2.05. The van der Waals surface area contributed by atoms with Gasteiger partial charge >= 0.3 is 63.3 Å². The van der Waals surface area contributed by atoms with E-state index in [0.29, 0.717) is 24.7 Å². The summed E-state index contributed by atoms with van der Waals surface area (Å²) in [6, 6.07) is 0. The van der Waals surface area contributed by atoms with Gasteiger partial charge in [-0.1, -0.05) is 79.1 Å². The second kappa shape index (κ2) is 19.9. The van der Waals surface area contributed by atoms with E-state index in [4.69, 9.17) is 9.47 Å². The maximum Gasteiger partial charge on any atom is 1.00 e. The van der Waals surface area contributed by atoms with Crippen molar-refractivity contribution in [3.8, 4) is 0 Å². The van der Waals surface area contributed by atoms with Gasteiger partial charge < -0.3 is 10.9 Å². The number of carbonyl (C=O) groups is 2. The second-order valence-corrected chi connectivity index (χ2v) is 10.4. The molecular formula is C22H43KO7S. The Labute approximate surface area is 233 Å². The molecule has 1 N–H and O–H groups in total. The van der Waals surface area contributed by atoms with Crippen molar-refractivity contribution in [2.45, 2.75) is 104 Å². The van der Waals surface area contributed by atoms with Crippen LogP contribution in [0, 0.1) is 11.8 Å². The average Bonchev–Trinajstić information content (AvgIpc) is 2.62. The van der Waals surface area contributed by atoms with E-state index in [9.17, 15) is 22.6 Å². The molecule has 180 valence electrons. The maximum atomic E-state index is 12.0. The van der Waals surface area contributed by atoms with Crippen molar-refractivity contribution in [2.24, 2.45) is 11.8 Å². The fourth-order valence-corrected chi connectivity index (χ4v) is 3.65. The van der Waals surface area contributed by atoms with Crippen LogP contribution in [-0.2, 0) is 29.2 Å². The van der Waals surface area contributed by atoms with Crippen LogP contribution < -0.4 is 51.4 Å². The van der Waals surface area contributed by atoms with Crippen molar-refractivity contribution < 1.29 is 84.8 Å². The quantitative estimate of drug-likeness (QED) is 0.136. The van der Waals surface area contributed by atoms with Crippen LogP contribution in [0.15, 0.2) is 0 Å². The largest absolute Gasteiger partial charge is 1.00 e. The minimum atomic E-state index is -4.75. The van der Waals surface area contributed by atoms with E-state index < -0.39 is 33.7 Å².